The summed E-state index contributed by atoms with van der Waals surface area (Å²) in [5, 5.41) is 8.19. The Labute approximate surface area is 78.7 Å². The van der Waals surface area contributed by atoms with Crippen LogP contribution < -0.4 is 0 Å². The Bertz CT molecular complexity index is 201. The van der Waals surface area contributed by atoms with Gasteiger partial charge in [0.25, 0.3) is 0 Å². The fourth-order valence-corrected chi connectivity index (χ4v) is 1.80. The molecule has 0 saturated heterocycles. The number of nitriles is 1. The molecular formula is C10H15NO2. The Kier molecular flexibility index (Phi) is 4.31. The molecule has 0 aromatic rings. The maximum absolute atomic E-state index is 11.1. The quantitative estimate of drug-likeness (QED) is 0.626. The Morgan fingerprint density at radius 2 is 2.08 bits per heavy atom. The fourth-order valence-electron chi connectivity index (χ4n) is 1.80. The van der Waals surface area contributed by atoms with Gasteiger partial charge in [-0.1, -0.05) is 19.3 Å². The van der Waals surface area contributed by atoms with E-state index in [1.54, 1.807) is 6.07 Å². The number of hydrogen-bond acceptors (Lipinski definition) is 3. The maximum atomic E-state index is 11.1. The van der Waals surface area contributed by atoms with Crippen molar-refractivity contribution in [3.63, 3.8) is 0 Å². The lowest BCUT2D eigenvalue weighted by Crippen LogP contribution is -2.14. The highest BCUT2D eigenvalue weighted by atomic mass is 16.5. The minimum absolute atomic E-state index is 0.106. The summed E-state index contributed by atoms with van der Waals surface area (Å²) in [6.45, 7) is -0.106. The molecule has 0 aliphatic heterocycles. The average molecular weight is 181 g/mol. The van der Waals surface area contributed by atoms with E-state index < -0.39 is 0 Å². The number of rotatable bonds is 3. The molecule has 0 aromatic heterocycles. The maximum Gasteiger partial charge on any atom is 0.307 e. The van der Waals surface area contributed by atoms with Crippen molar-refractivity contribution in [1.82, 2.24) is 0 Å². The average Bonchev–Trinajstić information content (AvgIpc) is 2.16. The van der Waals surface area contributed by atoms with Crippen molar-refractivity contribution in [3.05, 3.63) is 0 Å². The van der Waals surface area contributed by atoms with E-state index in [0.29, 0.717) is 12.3 Å². The van der Waals surface area contributed by atoms with E-state index in [9.17, 15) is 4.79 Å². The summed E-state index contributed by atoms with van der Waals surface area (Å²) in [6, 6.07) is 1.79. The minimum Gasteiger partial charge on any atom is -0.450 e. The van der Waals surface area contributed by atoms with Gasteiger partial charge in [0.1, 0.15) is 6.07 Å². The molecule has 0 bridgehead atoms. The van der Waals surface area contributed by atoms with E-state index in [1.807, 2.05) is 0 Å². The van der Waals surface area contributed by atoms with E-state index >= 15 is 0 Å². The van der Waals surface area contributed by atoms with Gasteiger partial charge in [0.15, 0.2) is 6.61 Å². The smallest absolute Gasteiger partial charge is 0.307 e. The molecule has 0 radical (unpaired) electrons. The van der Waals surface area contributed by atoms with Crippen LogP contribution in [0.2, 0.25) is 0 Å². The van der Waals surface area contributed by atoms with E-state index in [1.165, 1.54) is 19.3 Å². The summed E-state index contributed by atoms with van der Waals surface area (Å²) in [5.74, 6) is 0.286. The largest absolute Gasteiger partial charge is 0.450 e. The monoisotopic (exact) mass is 181 g/mol. The first kappa shape index (κ1) is 10.0. The highest BCUT2D eigenvalue weighted by Gasteiger charge is 2.17. The Balaban J connectivity index is 2.15. The lowest BCUT2D eigenvalue weighted by molar-refractivity contribution is -0.143. The zero-order valence-corrected chi connectivity index (χ0v) is 7.79. The molecule has 0 unspecified atom stereocenters. The summed E-state index contributed by atoms with van der Waals surface area (Å²) in [7, 11) is 0. The second kappa shape index (κ2) is 5.58. The van der Waals surface area contributed by atoms with Crippen molar-refractivity contribution in [2.45, 2.75) is 38.5 Å². The second-order valence-electron chi connectivity index (χ2n) is 3.53. The van der Waals surface area contributed by atoms with Gasteiger partial charge in [-0.2, -0.15) is 5.26 Å². The molecule has 1 saturated carbocycles. The number of esters is 1. The summed E-state index contributed by atoms with van der Waals surface area (Å²) in [6.07, 6.45) is 6.54. The van der Waals surface area contributed by atoms with Crippen LogP contribution in [0.25, 0.3) is 0 Å². The first-order valence-corrected chi connectivity index (χ1v) is 4.85. The first-order valence-electron chi connectivity index (χ1n) is 4.85. The summed E-state index contributed by atoms with van der Waals surface area (Å²) in [4.78, 5) is 11.1. The molecule has 0 atom stereocenters. The lowest BCUT2D eigenvalue weighted by Gasteiger charge is -2.19. The molecule has 0 spiro atoms. The molecular weight excluding hydrogens is 166 g/mol. The van der Waals surface area contributed by atoms with Crippen LogP contribution in [0.3, 0.4) is 0 Å². The molecule has 72 valence electrons. The predicted octanol–water partition coefficient (Wildman–Crippen LogP) is 2.02. The topological polar surface area (TPSA) is 50.1 Å². The molecule has 1 aliphatic carbocycles. The van der Waals surface area contributed by atoms with Crippen LogP contribution in [0.4, 0.5) is 0 Å². The minimum atomic E-state index is -0.214. The third kappa shape index (κ3) is 3.93. The van der Waals surface area contributed by atoms with Crippen LogP contribution in [0, 0.1) is 17.2 Å². The second-order valence-corrected chi connectivity index (χ2v) is 3.53. The van der Waals surface area contributed by atoms with Crippen LogP contribution in [0.5, 0.6) is 0 Å². The number of carbonyl (C=O) groups excluding carboxylic acids is 1. The normalized spacial score (nSPS) is 17.8. The van der Waals surface area contributed by atoms with Crippen molar-refractivity contribution in [3.8, 4) is 6.07 Å². The first-order chi connectivity index (χ1) is 6.33. The predicted molar refractivity (Wildman–Crippen MR) is 47.8 cm³/mol. The van der Waals surface area contributed by atoms with E-state index in [-0.39, 0.29) is 12.6 Å². The van der Waals surface area contributed by atoms with Gasteiger partial charge in [0, 0.05) is 6.42 Å². The van der Waals surface area contributed by atoms with Crippen LogP contribution in [-0.2, 0) is 9.53 Å². The fraction of sp³-hybridized carbons (Fsp3) is 0.800. The Morgan fingerprint density at radius 3 is 2.69 bits per heavy atom. The van der Waals surface area contributed by atoms with Crippen LogP contribution >= 0.6 is 0 Å². The summed E-state index contributed by atoms with van der Waals surface area (Å²) < 4.78 is 4.69. The molecule has 3 heteroatoms. The summed E-state index contributed by atoms with van der Waals surface area (Å²) >= 11 is 0. The molecule has 3 nitrogen and oxygen atoms in total. The van der Waals surface area contributed by atoms with Crippen LogP contribution in [0.15, 0.2) is 0 Å². The third-order valence-electron chi connectivity index (χ3n) is 2.48. The van der Waals surface area contributed by atoms with E-state index in [4.69, 9.17) is 10.00 Å². The van der Waals surface area contributed by atoms with Gasteiger partial charge < -0.3 is 4.74 Å². The highest BCUT2D eigenvalue weighted by Crippen LogP contribution is 2.26. The van der Waals surface area contributed by atoms with Crippen molar-refractivity contribution < 1.29 is 9.53 Å². The number of carbonyl (C=O) groups is 1. The molecule has 0 N–H and O–H groups in total. The van der Waals surface area contributed by atoms with Crippen molar-refractivity contribution >= 4 is 5.97 Å². The van der Waals surface area contributed by atoms with Crippen molar-refractivity contribution in [2.75, 3.05) is 6.61 Å². The molecule has 13 heavy (non-hydrogen) atoms. The number of ether oxygens (including phenoxy) is 1. The zero-order valence-electron chi connectivity index (χ0n) is 7.79. The Morgan fingerprint density at radius 1 is 1.38 bits per heavy atom. The zero-order chi connectivity index (χ0) is 9.52. The number of hydrogen-bond donors (Lipinski definition) is 0. The third-order valence-corrected chi connectivity index (χ3v) is 2.48. The van der Waals surface area contributed by atoms with Crippen LogP contribution in [-0.4, -0.2) is 12.6 Å². The molecule has 0 amide bonds. The molecule has 1 rings (SSSR count). The van der Waals surface area contributed by atoms with Gasteiger partial charge in [-0.3, -0.25) is 4.79 Å². The molecule has 0 heterocycles. The van der Waals surface area contributed by atoms with Crippen molar-refractivity contribution in [1.29, 1.82) is 5.26 Å². The van der Waals surface area contributed by atoms with Gasteiger partial charge in [0.05, 0.1) is 0 Å². The van der Waals surface area contributed by atoms with E-state index in [2.05, 4.69) is 0 Å². The summed E-state index contributed by atoms with van der Waals surface area (Å²) in [5.41, 5.74) is 0. The van der Waals surface area contributed by atoms with Gasteiger partial charge in [-0.05, 0) is 18.8 Å². The molecule has 0 aromatic carbocycles. The standard InChI is InChI=1S/C10H15NO2/c11-6-7-13-10(12)8-9-4-2-1-3-5-9/h9H,1-5,7-8H2. The Hall–Kier alpha value is -1.04. The van der Waals surface area contributed by atoms with Gasteiger partial charge in [0.2, 0.25) is 0 Å². The van der Waals surface area contributed by atoms with Gasteiger partial charge in [-0.15, -0.1) is 0 Å². The lowest BCUT2D eigenvalue weighted by atomic mass is 9.87. The molecule has 1 aliphatic rings. The van der Waals surface area contributed by atoms with E-state index in [0.717, 1.165) is 12.8 Å². The van der Waals surface area contributed by atoms with Crippen LogP contribution in [0.1, 0.15) is 38.5 Å². The molecule has 1 fully saturated rings. The van der Waals surface area contributed by atoms with Crippen molar-refractivity contribution in [2.24, 2.45) is 5.92 Å². The highest BCUT2D eigenvalue weighted by molar-refractivity contribution is 5.69. The van der Waals surface area contributed by atoms with Gasteiger partial charge >= 0.3 is 5.97 Å². The number of nitrogens with zero attached hydrogens (tertiary/aromatic N) is 1. The SMILES string of the molecule is N#CCOC(=O)CC1CCCCC1. The van der Waals surface area contributed by atoms with Gasteiger partial charge in [-0.25, -0.2) is 0 Å².